The minimum atomic E-state index is -1.05. The number of fused-ring (bicyclic) bond motifs is 2. The van der Waals surface area contributed by atoms with Gasteiger partial charge in [0, 0.05) is 19.6 Å². The van der Waals surface area contributed by atoms with Gasteiger partial charge in [0.25, 0.3) is 5.91 Å². The number of nitrogens with one attached hydrogen (secondary N) is 1. The fourth-order valence-corrected chi connectivity index (χ4v) is 3.08. The van der Waals surface area contributed by atoms with E-state index in [1.165, 1.54) is 9.80 Å². The van der Waals surface area contributed by atoms with Crippen LogP contribution in [-0.2, 0) is 9.63 Å². The zero-order valence-corrected chi connectivity index (χ0v) is 14.8. The number of carbonyl (C=O) groups excluding carboxylic acids is 2. The van der Waals surface area contributed by atoms with Crippen LogP contribution in [0.15, 0.2) is 0 Å². The molecule has 25 heavy (non-hydrogen) atoms. The number of hydrogen-bond donors (Lipinski definition) is 3. The molecule has 2 aliphatic rings. The number of rotatable bonds is 6. The summed E-state index contributed by atoms with van der Waals surface area (Å²) in [4.78, 5) is 42.9. The Hall–Kier alpha value is -2.07. The van der Waals surface area contributed by atoms with Crippen molar-refractivity contribution in [3.8, 4) is 0 Å². The molecule has 0 unspecified atom stereocenters. The molecule has 0 aromatic carbocycles. The smallest absolute Gasteiger partial charge is 0.407 e. The third kappa shape index (κ3) is 4.73. The molecule has 0 saturated carbocycles. The first-order chi connectivity index (χ1) is 11.6. The Balaban J connectivity index is 1.77. The summed E-state index contributed by atoms with van der Waals surface area (Å²) in [5.74, 6) is -0.472. The minimum Gasteiger partial charge on any atom is -0.465 e. The molecule has 2 rings (SSSR count). The second-order valence-corrected chi connectivity index (χ2v) is 7.61. The van der Waals surface area contributed by atoms with Gasteiger partial charge in [-0.2, -0.15) is 0 Å². The summed E-state index contributed by atoms with van der Waals surface area (Å²) < 4.78 is 0. The Morgan fingerprint density at radius 3 is 2.64 bits per heavy atom. The van der Waals surface area contributed by atoms with Crippen LogP contribution in [0.25, 0.3) is 0 Å². The zero-order chi connectivity index (χ0) is 18.8. The molecule has 10 nitrogen and oxygen atoms in total. The summed E-state index contributed by atoms with van der Waals surface area (Å²) in [6.07, 6.45) is -0.0720. The van der Waals surface area contributed by atoms with Crippen molar-refractivity contribution in [2.75, 3.05) is 26.2 Å². The third-order valence-electron chi connectivity index (χ3n) is 4.22. The maximum absolute atomic E-state index is 12.2. The molecule has 2 aliphatic heterocycles. The van der Waals surface area contributed by atoms with Crippen LogP contribution in [0.4, 0.5) is 9.59 Å². The lowest BCUT2D eigenvalue weighted by atomic mass is 9.96. The molecule has 2 saturated heterocycles. The van der Waals surface area contributed by atoms with Gasteiger partial charge in [0.15, 0.2) is 0 Å². The van der Waals surface area contributed by atoms with Crippen molar-refractivity contribution in [3.63, 3.8) is 0 Å². The average molecular weight is 358 g/mol. The first-order valence-electron chi connectivity index (χ1n) is 8.28. The molecule has 4 amide bonds. The number of carbonyl (C=O) groups is 3. The van der Waals surface area contributed by atoms with Crippen molar-refractivity contribution in [1.29, 1.82) is 0 Å². The normalized spacial score (nSPS) is 23.0. The third-order valence-corrected chi connectivity index (χ3v) is 4.22. The summed E-state index contributed by atoms with van der Waals surface area (Å²) in [6, 6.07) is -1.53. The quantitative estimate of drug-likeness (QED) is 0.365. The molecule has 0 spiro atoms. The van der Waals surface area contributed by atoms with Crippen LogP contribution in [0.3, 0.4) is 0 Å². The first kappa shape index (κ1) is 19.3. The van der Waals surface area contributed by atoms with Crippen molar-refractivity contribution in [1.82, 2.24) is 20.3 Å². The molecule has 142 valence electrons. The van der Waals surface area contributed by atoms with E-state index in [4.69, 9.17) is 4.84 Å². The van der Waals surface area contributed by atoms with E-state index in [2.05, 4.69) is 5.48 Å². The fourth-order valence-electron chi connectivity index (χ4n) is 3.08. The molecule has 0 aliphatic carbocycles. The molecule has 2 fully saturated rings. The average Bonchev–Trinajstić information content (AvgIpc) is 2.73. The Bertz CT molecular complexity index is 535. The molecule has 0 aromatic rings. The number of carboxylic acid groups (broad SMARTS) is 1. The highest BCUT2D eigenvalue weighted by atomic mass is 16.7. The van der Waals surface area contributed by atoms with E-state index in [0.717, 1.165) is 0 Å². The largest absolute Gasteiger partial charge is 0.465 e. The highest BCUT2D eigenvalue weighted by Gasteiger charge is 2.46. The monoisotopic (exact) mass is 358 g/mol. The van der Waals surface area contributed by atoms with Gasteiger partial charge in [0.2, 0.25) is 0 Å². The van der Waals surface area contributed by atoms with E-state index in [1.54, 1.807) is 0 Å². The number of nitrogens with zero attached hydrogens (tertiary/aromatic N) is 3. The lowest BCUT2D eigenvalue weighted by Gasteiger charge is -2.29. The standard InChI is InChI=1S/C15H26N4O6/c1-15(2,3)9-17(14(22)23)6-7-25-16-12(20)11-5-4-10-8-18(11)13(21)19(10)24/h10-11,24H,4-9H2,1-3H3,(H,16,20)(H,22,23)/t10-,11+/m1/s1. The summed E-state index contributed by atoms with van der Waals surface area (Å²) >= 11 is 0. The number of amides is 4. The molecular formula is C15H26N4O6. The van der Waals surface area contributed by atoms with Crippen molar-refractivity contribution in [3.05, 3.63) is 0 Å². The highest BCUT2D eigenvalue weighted by molar-refractivity contribution is 5.87. The topological polar surface area (TPSA) is 123 Å². The van der Waals surface area contributed by atoms with Gasteiger partial charge < -0.3 is 14.9 Å². The maximum Gasteiger partial charge on any atom is 0.407 e. The van der Waals surface area contributed by atoms with Gasteiger partial charge in [-0.3, -0.25) is 14.8 Å². The second-order valence-electron chi connectivity index (χ2n) is 7.61. The fraction of sp³-hybridized carbons (Fsp3) is 0.800. The van der Waals surface area contributed by atoms with E-state index in [9.17, 15) is 24.7 Å². The number of urea groups is 1. The van der Waals surface area contributed by atoms with Crippen LogP contribution in [0.1, 0.15) is 33.6 Å². The van der Waals surface area contributed by atoms with Crippen molar-refractivity contribution in [2.45, 2.75) is 45.7 Å². The van der Waals surface area contributed by atoms with E-state index < -0.39 is 24.1 Å². The van der Waals surface area contributed by atoms with E-state index >= 15 is 0 Å². The van der Waals surface area contributed by atoms with E-state index in [-0.39, 0.29) is 24.6 Å². The molecule has 2 atom stereocenters. The maximum atomic E-state index is 12.2. The Labute approximate surface area is 146 Å². The zero-order valence-electron chi connectivity index (χ0n) is 14.8. The summed E-state index contributed by atoms with van der Waals surface area (Å²) in [5, 5.41) is 19.5. The van der Waals surface area contributed by atoms with Crippen molar-refractivity contribution in [2.24, 2.45) is 5.41 Å². The Morgan fingerprint density at radius 2 is 2.04 bits per heavy atom. The van der Waals surface area contributed by atoms with Gasteiger partial charge in [0.05, 0.1) is 12.6 Å². The second kappa shape index (κ2) is 7.44. The summed E-state index contributed by atoms with van der Waals surface area (Å²) in [6.45, 7) is 6.57. The van der Waals surface area contributed by atoms with Crippen LogP contribution >= 0.6 is 0 Å². The molecular weight excluding hydrogens is 332 g/mol. The number of hydroxylamine groups is 3. The van der Waals surface area contributed by atoms with Gasteiger partial charge in [0.1, 0.15) is 6.04 Å². The summed E-state index contributed by atoms with van der Waals surface area (Å²) in [7, 11) is 0. The summed E-state index contributed by atoms with van der Waals surface area (Å²) in [5.41, 5.74) is 2.09. The van der Waals surface area contributed by atoms with Crippen molar-refractivity contribution >= 4 is 18.0 Å². The van der Waals surface area contributed by atoms with E-state index in [0.29, 0.717) is 31.0 Å². The first-order valence-corrected chi connectivity index (χ1v) is 8.28. The lowest BCUT2D eigenvalue weighted by molar-refractivity contribution is -0.139. The van der Waals surface area contributed by atoms with Crippen LogP contribution in [-0.4, -0.2) is 81.5 Å². The van der Waals surface area contributed by atoms with Gasteiger partial charge in [-0.05, 0) is 18.3 Å². The Kier molecular flexibility index (Phi) is 5.73. The Morgan fingerprint density at radius 1 is 1.36 bits per heavy atom. The van der Waals surface area contributed by atoms with Crippen molar-refractivity contribution < 1.29 is 29.5 Å². The SMILES string of the molecule is CC(C)(C)CN(CCONC(=O)[C@@H]1CC[C@@H]2CN1C(=O)N2O)C(=O)O. The molecule has 10 heteroatoms. The van der Waals surface area contributed by atoms with Crippen LogP contribution in [0, 0.1) is 5.41 Å². The van der Waals surface area contributed by atoms with E-state index in [1.807, 2.05) is 20.8 Å². The van der Waals surface area contributed by atoms with Crippen LogP contribution < -0.4 is 5.48 Å². The van der Waals surface area contributed by atoms with Gasteiger partial charge in [-0.15, -0.1) is 0 Å². The van der Waals surface area contributed by atoms with Gasteiger partial charge in [-0.1, -0.05) is 20.8 Å². The van der Waals surface area contributed by atoms with Gasteiger partial charge >= 0.3 is 12.1 Å². The predicted molar refractivity (Wildman–Crippen MR) is 85.7 cm³/mol. The van der Waals surface area contributed by atoms with Gasteiger partial charge in [-0.25, -0.2) is 20.1 Å². The number of piperidine rings is 1. The minimum absolute atomic E-state index is 0.00351. The molecule has 2 heterocycles. The molecule has 3 N–H and O–H groups in total. The number of hydrogen-bond acceptors (Lipinski definition) is 5. The highest BCUT2D eigenvalue weighted by Crippen LogP contribution is 2.28. The van der Waals surface area contributed by atoms with Crippen LogP contribution in [0.5, 0.6) is 0 Å². The molecule has 0 radical (unpaired) electrons. The van der Waals surface area contributed by atoms with Crippen LogP contribution in [0.2, 0.25) is 0 Å². The molecule has 0 aromatic heterocycles. The lowest BCUT2D eigenvalue weighted by Crippen LogP contribution is -2.50. The molecule has 2 bridgehead atoms. The predicted octanol–water partition coefficient (Wildman–Crippen LogP) is 0.718.